The number of aldehydes is 1. The highest BCUT2D eigenvalue weighted by atomic mass is 32.1. The van der Waals surface area contributed by atoms with Gasteiger partial charge in [-0.3, -0.25) is 9.59 Å². The van der Waals surface area contributed by atoms with E-state index in [0.717, 1.165) is 68.1 Å². The number of aryl methyl sites for hydroxylation is 1. The molecule has 0 saturated carbocycles. The van der Waals surface area contributed by atoms with E-state index in [-0.39, 0.29) is 11.8 Å². The molecular formula is C24H29N3O2S. The Bertz CT molecular complexity index is 937. The Morgan fingerprint density at radius 3 is 2.73 bits per heavy atom. The van der Waals surface area contributed by atoms with Gasteiger partial charge in [0.25, 0.3) is 0 Å². The molecule has 0 aliphatic heterocycles. The number of hydrogen-bond donors (Lipinski definition) is 2. The Morgan fingerprint density at radius 2 is 1.93 bits per heavy atom. The zero-order valence-electron chi connectivity index (χ0n) is 17.2. The van der Waals surface area contributed by atoms with Crippen LogP contribution >= 0.6 is 11.3 Å². The van der Waals surface area contributed by atoms with Crippen molar-refractivity contribution in [1.29, 1.82) is 0 Å². The van der Waals surface area contributed by atoms with Crippen LogP contribution in [0.2, 0.25) is 0 Å². The largest absolute Gasteiger partial charge is 0.356 e. The van der Waals surface area contributed by atoms with Crippen molar-refractivity contribution in [3.63, 3.8) is 0 Å². The molecule has 1 amide bonds. The highest BCUT2D eigenvalue weighted by Gasteiger charge is 2.25. The van der Waals surface area contributed by atoms with Gasteiger partial charge in [0.2, 0.25) is 5.91 Å². The van der Waals surface area contributed by atoms with Crippen LogP contribution in [-0.4, -0.2) is 30.3 Å². The molecule has 30 heavy (non-hydrogen) atoms. The number of nitrogens with two attached hydrogens (primary N) is 1. The van der Waals surface area contributed by atoms with Gasteiger partial charge in [-0.25, -0.2) is 4.98 Å². The van der Waals surface area contributed by atoms with E-state index in [2.05, 4.69) is 28.5 Å². The Hall–Kier alpha value is -2.57. The van der Waals surface area contributed by atoms with Gasteiger partial charge < -0.3 is 11.1 Å². The van der Waals surface area contributed by atoms with Crippen molar-refractivity contribution >= 4 is 33.7 Å². The number of thiazole rings is 1. The van der Waals surface area contributed by atoms with E-state index < -0.39 is 0 Å². The summed E-state index contributed by atoms with van der Waals surface area (Å²) in [5, 5.41) is 3.62. The molecule has 4 rings (SSSR count). The molecule has 0 radical (unpaired) electrons. The highest BCUT2D eigenvalue weighted by Crippen LogP contribution is 2.31. The highest BCUT2D eigenvalue weighted by molar-refractivity contribution is 7.19. The van der Waals surface area contributed by atoms with Crippen molar-refractivity contribution in [1.82, 2.24) is 10.3 Å². The van der Waals surface area contributed by atoms with Crippen molar-refractivity contribution in [2.24, 2.45) is 5.73 Å². The van der Waals surface area contributed by atoms with Gasteiger partial charge >= 0.3 is 0 Å². The molecule has 0 bridgehead atoms. The molecule has 0 saturated heterocycles. The average molecular weight is 424 g/mol. The predicted octanol–water partition coefficient (Wildman–Crippen LogP) is 4.46. The number of fused-ring (bicyclic) bond motifs is 2. The second kappa shape index (κ2) is 11.6. The second-order valence-electron chi connectivity index (χ2n) is 7.42. The van der Waals surface area contributed by atoms with E-state index in [1.807, 2.05) is 30.3 Å². The molecule has 0 spiro atoms. The summed E-state index contributed by atoms with van der Waals surface area (Å²) in [4.78, 5) is 26.7. The summed E-state index contributed by atoms with van der Waals surface area (Å²) in [6, 6.07) is 16.1. The minimum atomic E-state index is 0.0551. The summed E-state index contributed by atoms with van der Waals surface area (Å²) < 4.78 is 1.06. The number of unbranched alkanes of at least 4 members (excludes halogenated alkanes) is 2. The van der Waals surface area contributed by atoms with E-state index in [1.54, 1.807) is 0 Å². The Labute approximate surface area is 181 Å². The third kappa shape index (κ3) is 5.97. The lowest BCUT2D eigenvalue weighted by Gasteiger charge is -2.24. The number of carbonyl (C=O) groups is 2. The normalized spacial score (nSPS) is 15.0. The number of nitrogens with one attached hydrogen (secondary N) is 1. The summed E-state index contributed by atoms with van der Waals surface area (Å²) in [5.41, 5.74) is 8.93. The molecule has 1 atom stereocenters. The van der Waals surface area contributed by atoms with Crippen molar-refractivity contribution < 1.29 is 9.59 Å². The lowest BCUT2D eigenvalue weighted by molar-refractivity contribution is -0.122. The first-order valence-corrected chi connectivity index (χ1v) is 11.4. The van der Waals surface area contributed by atoms with Gasteiger partial charge in [-0.1, -0.05) is 42.8 Å². The summed E-state index contributed by atoms with van der Waals surface area (Å²) >= 11 is 1.42. The van der Waals surface area contributed by atoms with Crippen molar-refractivity contribution in [2.45, 2.75) is 44.4 Å². The van der Waals surface area contributed by atoms with Gasteiger partial charge in [0.15, 0.2) is 11.3 Å². The van der Waals surface area contributed by atoms with Crippen LogP contribution in [0.1, 0.15) is 59.0 Å². The first-order chi connectivity index (χ1) is 14.7. The minimum absolute atomic E-state index is 0.0551. The number of para-hydroxylation sites is 1. The van der Waals surface area contributed by atoms with E-state index in [1.165, 1.54) is 22.5 Å². The molecule has 5 nitrogen and oxygen atoms in total. The van der Waals surface area contributed by atoms with Crippen LogP contribution in [0.5, 0.6) is 0 Å². The number of aromatic nitrogens is 1. The van der Waals surface area contributed by atoms with E-state index in [0.29, 0.717) is 5.01 Å². The van der Waals surface area contributed by atoms with Gasteiger partial charge in [0.1, 0.15) is 0 Å². The molecule has 1 aromatic heterocycles. The van der Waals surface area contributed by atoms with Crippen LogP contribution in [0.3, 0.4) is 0 Å². The summed E-state index contributed by atoms with van der Waals surface area (Å²) in [6.07, 6.45) is 7.15. The predicted molar refractivity (Wildman–Crippen MR) is 123 cm³/mol. The summed E-state index contributed by atoms with van der Waals surface area (Å²) in [6.45, 7) is 1.52. The number of hydrogen-bond acceptors (Lipinski definition) is 5. The second-order valence-corrected chi connectivity index (χ2v) is 8.48. The quantitative estimate of drug-likeness (QED) is 0.434. The third-order valence-electron chi connectivity index (χ3n) is 5.28. The zero-order valence-corrected chi connectivity index (χ0v) is 18.0. The van der Waals surface area contributed by atoms with Crippen LogP contribution in [-0.2, 0) is 11.2 Å². The Balaban J connectivity index is 0.000000196. The van der Waals surface area contributed by atoms with E-state index in [9.17, 15) is 9.59 Å². The number of benzene rings is 2. The smallest absolute Gasteiger partial charge is 0.227 e. The fourth-order valence-corrected chi connectivity index (χ4v) is 4.53. The van der Waals surface area contributed by atoms with Gasteiger partial charge in [0, 0.05) is 6.54 Å². The molecule has 0 fully saturated rings. The first kappa shape index (κ1) is 22.1. The molecule has 3 N–H and O–H groups in total. The molecule has 3 aromatic rings. The van der Waals surface area contributed by atoms with Crippen LogP contribution < -0.4 is 11.1 Å². The van der Waals surface area contributed by atoms with Crippen molar-refractivity contribution in [2.75, 3.05) is 13.1 Å². The van der Waals surface area contributed by atoms with Gasteiger partial charge in [-0.15, -0.1) is 11.3 Å². The van der Waals surface area contributed by atoms with Crippen molar-refractivity contribution in [3.8, 4) is 0 Å². The third-order valence-corrected chi connectivity index (χ3v) is 6.24. The molecule has 6 heteroatoms. The average Bonchev–Trinajstić information content (AvgIpc) is 3.22. The van der Waals surface area contributed by atoms with Crippen LogP contribution in [0.25, 0.3) is 10.2 Å². The maximum absolute atomic E-state index is 12.3. The van der Waals surface area contributed by atoms with Gasteiger partial charge in [0.05, 0.1) is 16.1 Å². The number of nitrogens with zero attached hydrogens (tertiary/aromatic N) is 1. The zero-order chi connectivity index (χ0) is 21.2. The summed E-state index contributed by atoms with van der Waals surface area (Å²) in [7, 11) is 0. The maximum atomic E-state index is 12.3. The standard InChI is InChI=1S/C16H24N2O.C8H5NOS/c17-11-4-1-5-12-18-16(19)15-10-6-8-13-7-2-3-9-14(13)15;10-5-8-9-6-3-1-2-4-7(6)11-8/h2-3,7,9,15H,1,4-6,8,10-12,17H2,(H,18,19);1-5H. The fraction of sp³-hybridized carbons (Fsp3) is 0.375. The first-order valence-electron chi connectivity index (χ1n) is 10.6. The van der Waals surface area contributed by atoms with Crippen molar-refractivity contribution in [3.05, 3.63) is 64.7 Å². The lowest BCUT2D eigenvalue weighted by Crippen LogP contribution is -2.32. The van der Waals surface area contributed by atoms with Crippen LogP contribution in [0, 0.1) is 0 Å². The summed E-state index contributed by atoms with van der Waals surface area (Å²) in [5.74, 6) is 0.249. The topological polar surface area (TPSA) is 85.1 Å². The number of amides is 1. The Kier molecular flexibility index (Phi) is 8.53. The molecule has 1 unspecified atom stereocenters. The van der Waals surface area contributed by atoms with Gasteiger partial charge in [-0.05, 0) is 61.9 Å². The number of carbonyl (C=O) groups excluding carboxylic acids is 2. The maximum Gasteiger partial charge on any atom is 0.227 e. The van der Waals surface area contributed by atoms with E-state index >= 15 is 0 Å². The van der Waals surface area contributed by atoms with E-state index in [4.69, 9.17) is 5.73 Å². The molecule has 1 aliphatic carbocycles. The molecule has 2 aromatic carbocycles. The molecular weight excluding hydrogens is 394 g/mol. The SMILES string of the molecule is NCCCCCNC(=O)C1CCCc2ccccc21.O=Cc1nc2ccccc2s1. The monoisotopic (exact) mass is 423 g/mol. The minimum Gasteiger partial charge on any atom is -0.356 e. The fourth-order valence-electron chi connectivity index (χ4n) is 3.75. The molecule has 1 heterocycles. The molecule has 158 valence electrons. The molecule has 1 aliphatic rings. The lowest BCUT2D eigenvalue weighted by atomic mass is 9.82. The number of rotatable bonds is 7. The van der Waals surface area contributed by atoms with Crippen LogP contribution in [0.4, 0.5) is 0 Å². The Morgan fingerprint density at radius 1 is 1.13 bits per heavy atom. The van der Waals surface area contributed by atoms with Gasteiger partial charge in [-0.2, -0.15) is 0 Å². The van der Waals surface area contributed by atoms with Crippen LogP contribution in [0.15, 0.2) is 48.5 Å².